The van der Waals surface area contributed by atoms with E-state index in [1.165, 1.54) is 10.4 Å². The maximum absolute atomic E-state index is 12.8. The number of hydrogen-bond acceptors (Lipinski definition) is 7. The number of sulfonamides is 2. The van der Waals surface area contributed by atoms with Crippen LogP contribution in [0.15, 0.2) is 34.2 Å². The Morgan fingerprint density at radius 2 is 1.88 bits per heavy atom. The highest BCUT2D eigenvalue weighted by atomic mass is 32.2. The molecular weight excluding hydrogens is 456 g/mol. The highest BCUT2D eigenvalue weighted by Crippen LogP contribution is 2.23. The van der Waals surface area contributed by atoms with E-state index in [1.807, 2.05) is 13.8 Å². The fraction of sp³-hybridized carbons (Fsp3) is 0.600. The van der Waals surface area contributed by atoms with Gasteiger partial charge in [0, 0.05) is 25.2 Å². The van der Waals surface area contributed by atoms with E-state index >= 15 is 0 Å². The first-order valence-electron chi connectivity index (χ1n) is 10.5. The van der Waals surface area contributed by atoms with Gasteiger partial charge in [-0.3, -0.25) is 14.5 Å². The summed E-state index contributed by atoms with van der Waals surface area (Å²) in [5.41, 5.74) is 0.407. The summed E-state index contributed by atoms with van der Waals surface area (Å²) in [5.74, 6) is -0.833. The van der Waals surface area contributed by atoms with Crippen molar-refractivity contribution in [2.75, 3.05) is 25.4 Å². The molecule has 0 radical (unpaired) electrons. The standard InChI is InChI=1S/C20H30N4O6S2/c1-13(2)18(22-19-16-7-5-6-8-17(16)32(28,29)23-19)20(25)21-9-10-31(26,27)24-11-14(3)30-15(4)12-24/h5-8,13-15,18H,9-12H2,1-4H3,(H,21,25)(H,22,23)/t14?,15?,18-/m0/s1. The molecule has 0 spiro atoms. The van der Waals surface area contributed by atoms with Crippen LogP contribution in [0.25, 0.3) is 0 Å². The first-order chi connectivity index (χ1) is 14.9. The van der Waals surface area contributed by atoms with E-state index in [1.54, 1.807) is 32.0 Å². The molecule has 1 saturated heterocycles. The number of morpholine rings is 1. The van der Waals surface area contributed by atoms with E-state index < -0.39 is 32.0 Å². The van der Waals surface area contributed by atoms with Gasteiger partial charge in [-0.25, -0.2) is 16.8 Å². The SMILES string of the molecule is CC1CN(S(=O)(=O)CCNC(=O)[C@@H](N=C2NS(=O)(=O)c3ccccc32)C(C)C)CC(C)O1. The molecule has 2 N–H and O–H groups in total. The van der Waals surface area contributed by atoms with Crippen LogP contribution in [0.1, 0.15) is 33.3 Å². The number of carbonyl (C=O) groups excluding carboxylic acids is 1. The lowest BCUT2D eigenvalue weighted by Crippen LogP contribution is -2.50. The molecule has 2 aliphatic heterocycles. The van der Waals surface area contributed by atoms with E-state index in [-0.39, 0.29) is 54.2 Å². The average molecular weight is 487 g/mol. The van der Waals surface area contributed by atoms with Crippen LogP contribution in [0.4, 0.5) is 0 Å². The second-order valence-corrected chi connectivity index (χ2v) is 12.2. The number of benzene rings is 1. The van der Waals surface area contributed by atoms with Crippen molar-refractivity contribution in [3.63, 3.8) is 0 Å². The first kappa shape index (κ1) is 24.6. The van der Waals surface area contributed by atoms with Crippen molar-refractivity contribution in [3.8, 4) is 0 Å². The number of nitrogens with one attached hydrogen (secondary N) is 2. The highest BCUT2D eigenvalue weighted by molar-refractivity contribution is 7.90. The number of amidine groups is 1. The number of carbonyl (C=O) groups is 1. The largest absolute Gasteiger partial charge is 0.373 e. The number of rotatable bonds is 7. The number of fused-ring (bicyclic) bond motifs is 1. The molecule has 3 atom stereocenters. The lowest BCUT2D eigenvalue weighted by atomic mass is 10.0. The minimum Gasteiger partial charge on any atom is -0.373 e. The quantitative estimate of drug-likeness (QED) is 0.570. The molecule has 1 amide bonds. The third-order valence-electron chi connectivity index (χ3n) is 5.27. The van der Waals surface area contributed by atoms with Gasteiger partial charge in [0.2, 0.25) is 15.9 Å². The molecule has 1 aromatic carbocycles. The van der Waals surface area contributed by atoms with Gasteiger partial charge in [-0.05, 0) is 31.9 Å². The molecule has 2 heterocycles. The van der Waals surface area contributed by atoms with Gasteiger partial charge in [0.25, 0.3) is 10.0 Å². The lowest BCUT2D eigenvalue weighted by Gasteiger charge is -2.34. The maximum Gasteiger partial charge on any atom is 0.263 e. The van der Waals surface area contributed by atoms with Crippen LogP contribution in [0.2, 0.25) is 0 Å². The van der Waals surface area contributed by atoms with Gasteiger partial charge in [-0.2, -0.15) is 4.31 Å². The highest BCUT2D eigenvalue weighted by Gasteiger charge is 2.33. The second-order valence-electron chi connectivity index (χ2n) is 8.45. The predicted molar refractivity (Wildman–Crippen MR) is 120 cm³/mol. The van der Waals surface area contributed by atoms with Gasteiger partial charge in [0.1, 0.15) is 11.9 Å². The topological polar surface area (TPSA) is 134 Å². The van der Waals surface area contributed by atoms with E-state index in [4.69, 9.17) is 4.74 Å². The Morgan fingerprint density at radius 1 is 1.25 bits per heavy atom. The summed E-state index contributed by atoms with van der Waals surface area (Å²) in [7, 11) is -7.27. The molecule has 1 fully saturated rings. The second kappa shape index (κ2) is 9.46. The zero-order chi connectivity index (χ0) is 23.7. The Kier molecular flexibility index (Phi) is 7.28. The third kappa shape index (κ3) is 5.48. The molecule has 1 aromatic rings. The van der Waals surface area contributed by atoms with E-state index in [9.17, 15) is 21.6 Å². The molecule has 2 unspecified atom stereocenters. The van der Waals surface area contributed by atoms with E-state index in [0.29, 0.717) is 5.56 Å². The van der Waals surface area contributed by atoms with Crippen molar-refractivity contribution in [1.29, 1.82) is 0 Å². The van der Waals surface area contributed by atoms with Crippen molar-refractivity contribution in [3.05, 3.63) is 29.8 Å². The third-order valence-corrected chi connectivity index (χ3v) is 8.47. The fourth-order valence-corrected chi connectivity index (χ4v) is 6.51. The molecular formula is C20H30N4O6S2. The molecule has 178 valence electrons. The molecule has 0 bridgehead atoms. The van der Waals surface area contributed by atoms with Crippen LogP contribution >= 0.6 is 0 Å². The summed E-state index contributed by atoms with van der Waals surface area (Å²) in [6, 6.07) is 5.52. The molecule has 2 aliphatic rings. The smallest absolute Gasteiger partial charge is 0.263 e. The Bertz CT molecular complexity index is 1090. The average Bonchev–Trinajstić information content (AvgIpc) is 2.95. The zero-order valence-corrected chi connectivity index (χ0v) is 20.2. The van der Waals surface area contributed by atoms with Crippen LogP contribution in [0, 0.1) is 5.92 Å². The van der Waals surface area contributed by atoms with Gasteiger partial charge >= 0.3 is 0 Å². The van der Waals surface area contributed by atoms with Gasteiger partial charge in [-0.1, -0.05) is 26.0 Å². The summed E-state index contributed by atoms with van der Waals surface area (Å²) in [4.78, 5) is 17.3. The zero-order valence-electron chi connectivity index (χ0n) is 18.6. The monoisotopic (exact) mass is 486 g/mol. The first-order valence-corrected chi connectivity index (χ1v) is 13.6. The van der Waals surface area contributed by atoms with Crippen molar-refractivity contribution in [2.45, 2.75) is 50.8 Å². The Balaban J connectivity index is 1.67. The minimum atomic E-state index is -3.72. The van der Waals surface area contributed by atoms with Crippen LogP contribution < -0.4 is 10.0 Å². The molecule has 12 heteroatoms. The van der Waals surface area contributed by atoms with Gasteiger partial charge < -0.3 is 10.1 Å². The Hall–Kier alpha value is -2.02. The summed E-state index contributed by atoms with van der Waals surface area (Å²) in [5, 5.41) is 2.64. The number of hydrogen-bond donors (Lipinski definition) is 2. The summed E-state index contributed by atoms with van der Waals surface area (Å²) in [6.45, 7) is 7.71. The minimum absolute atomic E-state index is 0.0718. The van der Waals surface area contributed by atoms with Gasteiger partial charge in [-0.15, -0.1) is 0 Å². The van der Waals surface area contributed by atoms with Crippen molar-refractivity contribution < 1.29 is 26.4 Å². The van der Waals surface area contributed by atoms with E-state index in [2.05, 4.69) is 15.0 Å². The number of ether oxygens (including phenoxy) is 1. The van der Waals surface area contributed by atoms with E-state index in [0.717, 1.165) is 0 Å². The number of aliphatic imine (C=N–C) groups is 1. The number of amides is 1. The van der Waals surface area contributed by atoms with Gasteiger partial charge in [0.05, 0.1) is 22.9 Å². The van der Waals surface area contributed by atoms with Crippen molar-refractivity contribution in [1.82, 2.24) is 14.3 Å². The number of nitrogens with zero attached hydrogens (tertiary/aromatic N) is 2. The summed E-state index contributed by atoms with van der Waals surface area (Å²) >= 11 is 0. The molecule has 0 aromatic heterocycles. The normalized spacial score (nSPS) is 25.3. The molecule has 0 saturated carbocycles. The lowest BCUT2D eigenvalue weighted by molar-refractivity contribution is -0.123. The fourth-order valence-electron chi connectivity index (χ4n) is 3.77. The predicted octanol–water partition coefficient (Wildman–Crippen LogP) is 0.305. The maximum atomic E-state index is 12.8. The Morgan fingerprint density at radius 3 is 2.50 bits per heavy atom. The molecule has 0 aliphatic carbocycles. The van der Waals surface area contributed by atoms with Crippen LogP contribution in [-0.2, 0) is 29.6 Å². The van der Waals surface area contributed by atoms with Crippen LogP contribution in [-0.4, -0.2) is 76.5 Å². The molecule has 3 rings (SSSR count). The molecule has 32 heavy (non-hydrogen) atoms. The van der Waals surface area contributed by atoms with Crippen molar-refractivity contribution in [2.24, 2.45) is 10.9 Å². The summed E-state index contributed by atoms with van der Waals surface area (Å²) in [6.07, 6.45) is -0.385. The van der Waals surface area contributed by atoms with Crippen LogP contribution in [0.3, 0.4) is 0 Å². The Labute approximate surface area is 189 Å². The van der Waals surface area contributed by atoms with Crippen LogP contribution in [0.5, 0.6) is 0 Å². The summed E-state index contributed by atoms with van der Waals surface area (Å²) < 4.78 is 59.3. The molecule has 10 nitrogen and oxygen atoms in total. The van der Waals surface area contributed by atoms with Gasteiger partial charge in [0.15, 0.2) is 0 Å². The van der Waals surface area contributed by atoms with Crippen molar-refractivity contribution >= 4 is 31.8 Å².